The van der Waals surface area contributed by atoms with Crippen molar-refractivity contribution in [2.75, 3.05) is 18.1 Å². The summed E-state index contributed by atoms with van der Waals surface area (Å²) in [6.45, 7) is 5.78. The summed E-state index contributed by atoms with van der Waals surface area (Å²) in [7, 11) is 0. The van der Waals surface area contributed by atoms with Gasteiger partial charge < -0.3 is 4.74 Å². The predicted octanol–water partition coefficient (Wildman–Crippen LogP) is 2.92. The van der Waals surface area contributed by atoms with E-state index in [1.807, 2.05) is 12.1 Å². The maximum Gasteiger partial charge on any atom is 0.434 e. The molecule has 7 heteroatoms. The Morgan fingerprint density at radius 3 is 2.50 bits per heavy atom. The Morgan fingerprint density at radius 2 is 1.82 bits per heavy atom. The van der Waals surface area contributed by atoms with Crippen molar-refractivity contribution in [2.24, 2.45) is 17.8 Å². The number of hydroxylamine groups is 2. The summed E-state index contributed by atoms with van der Waals surface area (Å²) in [5, 5.41) is 1.18. The largest absolute Gasteiger partial charge is 0.442 e. The third-order valence-electron chi connectivity index (χ3n) is 5.38. The molecule has 148 valence electrons. The first-order valence-electron chi connectivity index (χ1n) is 9.51. The van der Waals surface area contributed by atoms with Gasteiger partial charge in [0.05, 0.1) is 30.7 Å². The molecule has 3 atom stereocenters. The minimum absolute atomic E-state index is 0.174. The van der Waals surface area contributed by atoms with Crippen LogP contribution in [0.5, 0.6) is 0 Å². The van der Waals surface area contributed by atoms with Crippen LogP contribution in [0.15, 0.2) is 42.0 Å². The maximum absolute atomic E-state index is 13.2. The molecule has 0 aromatic heterocycles. The van der Waals surface area contributed by atoms with Crippen molar-refractivity contribution >= 4 is 23.6 Å². The monoisotopic (exact) mass is 384 g/mol. The number of hydrogen-bond donors (Lipinski definition) is 0. The zero-order valence-corrected chi connectivity index (χ0v) is 16.3. The Balaban J connectivity index is 1.58. The molecular weight excluding hydrogens is 360 g/mol. The van der Waals surface area contributed by atoms with E-state index < -0.39 is 23.5 Å². The number of allylic oxidation sites excluding steroid dienone is 1. The van der Waals surface area contributed by atoms with Gasteiger partial charge in [0.1, 0.15) is 5.60 Å². The molecule has 0 bridgehead atoms. The van der Waals surface area contributed by atoms with Crippen LogP contribution >= 0.6 is 0 Å². The van der Waals surface area contributed by atoms with E-state index in [2.05, 4.69) is 0 Å². The first-order valence-corrected chi connectivity index (χ1v) is 9.51. The minimum Gasteiger partial charge on any atom is -0.442 e. The molecular formula is C21H24N2O5. The number of amides is 3. The summed E-state index contributed by atoms with van der Waals surface area (Å²) in [6.07, 6.45) is 1.92. The van der Waals surface area contributed by atoms with E-state index in [4.69, 9.17) is 9.57 Å². The lowest BCUT2D eigenvalue weighted by Gasteiger charge is -2.39. The zero-order chi connectivity index (χ0) is 20.1. The fourth-order valence-electron chi connectivity index (χ4n) is 4.16. The molecule has 3 aliphatic rings. The van der Waals surface area contributed by atoms with E-state index >= 15 is 0 Å². The molecule has 3 amide bonds. The van der Waals surface area contributed by atoms with Crippen LogP contribution in [0.1, 0.15) is 27.2 Å². The Hall–Kier alpha value is -2.67. The van der Waals surface area contributed by atoms with Crippen molar-refractivity contribution in [3.05, 3.63) is 42.0 Å². The van der Waals surface area contributed by atoms with Gasteiger partial charge in [-0.2, -0.15) is 5.06 Å². The normalized spacial score (nSPS) is 27.2. The topological polar surface area (TPSA) is 76.2 Å². The number of anilines is 1. The second kappa shape index (κ2) is 6.74. The molecule has 0 N–H and O–H groups in total. The van der Waals surface area contributed by atoms with Crippen LogP contribution in [0.3, 0.4) is 0 Å². The molecule has 2 aliphatic heterocycles. The van der Waals surface area contributed by atoms with Crippen LogP contribution in [0.2, 0.25) is 0 Å². The molecule has 28 heavy (non-hydrogen) atoms. The van der Waals surface area contributed by atoms with E-state index in [9.17, 15) is 14.4 Å². The van der Waals surface area contributed by atoms with E-state index in [1.165, 1.54) is 9.96 Å². The quantitative estimate of drug-likeness (QED) is 0.550. The van der Waals surface area contributed by atoms with Crippen molar-refractivity contribution in [1.29, 1.82) is 0 Å². The van der Waals surface area contributed by atoms with Crippen LogP contribution in [0.4, 0.5) is 10.5 Å². The molecule has 2 fully saturated rings. The van der Waals surface area contributed by atoms with E-state index in [1.54, 1.807) is 45.0 Å². The molecule has 0 radical (unpaired) electrons. The highest BCUT2D eigenvalue weighted by Gasteiger charge is 2.54. The van der Waals surface area contributed by atoms with Crippen LogP contribution < -0.4 is 4.90 Å². The summed E-state index contributed by atoms with van der Waals surface area (Å²) in [6, 6.07) is 8.98. The number of para-hydroxylation sites is 1. The standard InChI is InChI=1S/C21H24N2O5/c1-21(2,3)28-20(26)22-11-16-13(12-27-22)9-10-15-17(16)19(25)23(18(15)24)14-7-5-4-6-8-14/h4-9,15-17H,10-12H2,1-3H3/t15-,16+,17-/m0/s1. The first-order chi connectivity index (χ1) is 13.3. The number of rotatable bonds is 1. The average molecular weight is 384 g/mol. The van der Waals surface area contributed by atoms with Gasteiger partial charge in [0, 0.05) is 5.92 Å². The first kappa shape index (κ1) is 18.7. The lowest BCUT2D eigenvalue weighted by Crippen LogP contribution is -2.48. The predicted molar refractivity (Wildman–Crippen MR) is 101 cm³/mol. The summed E-state index contributed by atoms with van der Waals surface area (Å²) in [5.74, 6) is -1.51. The average Bonchev–Trinajstić information content (AvgIpc) is 2.91. The number of carbonyl (C=O) groups excluding carboxylic acids is 3. The fraction of sp³-hybridized carbons (Fsp3) is 0.476. The fourth-order valence-corrected chi connectivity index (χ4v) is 4.16. The zero-order valence-electron chi connectivity index (χ0n) is 16.3. The second-order valence-electron chi connectivity index (χ2n) is 8.42. The van der Waals surface area contributed by atoms with Crippen LogP contribution in [0.25, 0.3) is 0 Å². The number of imide groups is 1. The van der Waals surface area contributed by atoms with Crippen molar-refractivity contribution < 1.29 is 24.0 Å². The maximum atomic E-state index is 13.2. The van der Waals surface area contributed by atoms with Gasteiger partial charge in [-0.25, -0.2) is 4.79 Å². The van der Waals surface area contributed by atoms with Crippen molar-refractivity contribution in [2.45, 2.75) is 32.8 Å². The third kappa shape index (κ3) is 3.20. The van der Waals surface area contributed by atoms with Gasteiger partial charge in [0.25, 0.3) is 0 Å². The lowest BCUT2D eigenvalue weighted by atomic mass is 9.72. The number of carbonyl (C=O) groups is 3. The molecule has 1 aromatic carbocycles. The van der Waals surface area contributed by atoms with Crippen molar-refractivity contribution in [3.8, 4) is 0 Å². The SMILES string of the molecule is CC(C)(C)OC(=O)N1C[C@@H]2C(=CC[C@@H]3C(=O)N(c4ccccc4)C(=O)[C@@H]32)CO1. The molecule has 2 saturated heterocycles. The van der Waals surface area contributed by atoms with Crippen LogP contribution in [0, 0.1) is 17.8 Å². The molecule has 0 saturated carbocycles. The highest BCUT2D eigenvalue weighted by Crippen LogP contribution is 2.45. The van der Waals surface area contributed by atoms with E-state index in [0.717, 1.165) is 5.57 Å². The second-order valence-corrected chi connectivity index (χ2v) is 8.42. The minimum atomic E-state index is -0.644. The van der Waals surface area contributed by atoms with Gasteiger partial charge in [0.15, 0.2) is 0 Å². The molecule has 2 heterocycles. The van der Waals surface area contributed by atoms with E-state index in [-0.39, 0.29) is 30.9 Å². The van der Waals surface area contributed by atoms with Gasteiger partial charge in [-0.15, -0.1) is 0 Å². The van der Waals surface area contributed by atoms with Crippen molar-refractivity contribution in [1.82, 2.24) is 5.06 Å². The highest BCUT2D eigenvalue weighted by molar-refractivity contribution is 6.22. The summed E-state index contributed by atoms with van der Waals surface area (Å²) >= 11 is 0. The van der Waals surface area contributed by atoms with Gasteiger partial charge in [-0.1, -0.05) is 24.3 Å². The summed E-state index contributed by atoms with van der Waals surface area (Å²) < 4.78 is 5.39. The smallest absolute Gasteiger partial charge is 0.434 e. The van der Waals surface area contributed by atoms with Crippen LogP contribution in [-0.4, -0.2) is 41.7 Å². The van der Waals surface area contributed by atoms with Gasteiger partial charge >= 0.3 is 6.09 Å². The summed E-state index contributed by atoms with van der Waals surface area (Å²) in [5.41, 5.74) is 0.913. The third-order valence-corrected chi connectivity index (χ3v) is 5.38. The van der Waals surface area contributed by atoms with Crippen molar-refractivity contribution in [3.63, 3.8) is 0 Å². The Kier molecular flexibility index (Phi) is 4.50. The summed E-state index contributed by atoms with van der Waals surface area (Å²) in [4.78, 5) is 45.4. The number of nitrogens with zero attached hydrogens (tertiary/aromatic N) is 2. The molecule has 0 spiro atoms. The van der Waals surface area contributed by atoms with E-state index in [0.29, 0.717) is 12.1 Å². The molecule has 7 nitrogen and oxygen atoms in total. The van der Waals surface area contributed by atoms with Gasteiger partial charge in [-0.3, -0.25) is 19.3 Å². The molecule has 1 aromatic rings. The van der Waals surface area contributed by atoms with Gasteiger partial charge in [-0.05, 0) is 44.9 Å². The number of benzene rings is 1. The molecule has 4 rings (SSSR count). The van der Waals surface area contributed by atoms with Crippen LogP contribution in [-0.2, 0) is 19.2 Å². The molecule has 1 aliphatic carbocycles. The highest BCUT2D eigenvalue weighted by atomic mass is 16.7. The Labute approximate surface area is 163 Å². The molecule has 0 unspecified atom stereocenters. The Bertz CT molecular complexity index is 842. The Morgan fingerprint density at radius 1 is 1.11 bits per heavy atom. The number of fused-ring (bicyclic) bond motifs is 3. The lowest BCUT2D eigenvalue weighted by molar-refractivity contribution is -0.169. The number of hydrogen-bond acceptors (Lipinski definition) is 5. The number of ether oxygens (including phenoxy) is 1. The van der Waals surface area contributed by atoms with Gasteiger partial charge in [0.2, 0.25) is 11.8 Å².